The van der Waals surface area contributed by atoms with Gasteiger partial charge >= 0.3 is 0 Å². The Hall–Kier alpha value is -2.56. The van der Waals surface area contributed by atoms with Crippen molar-refractivity contribution in [2.24, 2.45) is 0 Å². The smallest absolute Gasteiger partial charge is 0.239 e. The third-order valence-electron chi connectivity index (χ3n) is 5.70. The van der Waals surface area contributed by atoms with Crippen LogP contribution in [0.1, 0.15) is 85.3 Å². The highest BCUT2D eigenvalue weighted by Crippen LogP contribution is 2.39. The van der Waals surface area contributed by atoms with Crippen LogP contribution < -0.4 is 14.2 Å². The zero-order chi connectivity index (χ0) is 29.4. The predicted octanol–water partition coefficient (Wildman–Crippen LogP) is 7.56. The van der Waals surface area contributed by atoms with Crippen LogP contribution in [0.4, 0.5) is 5.95 Å². The molecule has 0 spiro atoms. The maximum atomic E-state index is 5.93. The number of ether oxygens (including phenoxy) is 3. The highest BCUT2D eigenvalue weighted by Gasteiger charge is 2.29. The minimum absolute atomic E-state index is 0.0830. The van der Waals surface area contributed by atoms with E-state index in [1.807, 2.05) is 64.3 Å². The number of nitrogens with one attached hydrogen (secondary N) is 1. The average molecular weight is 581 g/mol. The van der Waals surface area contributed by atoms with Crippen molar-refractivity contribution in [2.75, 3.05) is 32.2 Å². The van der Waals surface area contributed by atoms with Gasteiger partial charge in [-0.3, -0.25) is 9.29 Å². The van der Waals surface area contributed by atoms with Crippen molar-refractivity contribution in [3.8, 4) is 17.2 Å². The molecule has 1 aromatic carbocycles. The number of aromatic nitrogens is 5. The Kier molecular flexibility index (Phi) is 16.5. The largest absolute Gasteiger partial charge is 0.494 e. The Balaban J connectivity index is 0.00000119. The fraction of sp³-hybridized carbons (Fsp3) is 0.571. The zero-order valence-corrected chi connectivity index (χ0v) is 26.6. The summed E-state index contributed by atoms with van der Waals surface area (Å²) in [5, 5.41) is 9.65. The lowest BCUT2D eigenvalue weighted by atomic mass is 10.1. The van der Waals surface area contributed by atoms with Gasteiger partial charge in [0, 0.05) is 36.1 Å². The van der Waals surface area contributed by atoms with Crippen LogP contribution in [0.3, 0.4) is 0 Å². The molecule has 1 fully saturated rings. The number of anilines is 1. The molecule has 1 saturated heterocycles. The third-order valence-corrected chi connectivity index (χ3v) is 6.97. The van der Waals surface area contributed by atoms with Crippen molar-refractivity contribution >= 4 is 29.5 Å². The number of hydrogen-bond donors (Lipinski definition) is 1. The number of halogens is 1. The molecule has 0 bridgehead atoms. The van der Waals surface area contributed by atoms with Crippen LogP contribution in [-0.2, 0) is 4.74 Å². The van der Waals surface area contributed by atoms with Crippen molar-refractivity contribution in [1.82, 2.24) is 24.7 Å². The predicted molar refractivity (Wildman–Crippen MR) is 163 cm³/mol. The summed E-state index contributed by atoms with van der Waals surface area (Å²) in [6, 6.07) is 5.68. The number of para-hydroxylation sites is 1. The monoisotopic (exact) mass is 580 g/mol. The molecule has 3 unspecified atom stereocenters. The lowest BCUT2D eigenvalue weighted by Gasteiger charge is -2.21. The van der Waals surface area contributed by atoms with Crippen molar-refractivity contribution in [3.63, 3.8) is 0 Å². The minimum atomic E-state index is 0.0830. The van der Waals surface area contributed by atoms with Gasteiger partial charge in [0.2, 0.25) is 5.95 Å². The molecule has 11 heteroatoms. The Bertz CT molecular complexity index is 1060. The second-order valence-electron chi connectivity index (χ2n) is 7.76. The van der Waals surface area contributed by atoms with Gasteiger partial charge in [0.05, 0.1) is 25.8 Å². The molecule has 4 rings (SSSR count). The van der Waals surface area contributed by atoms with Gasteiger partial charge in [-0.05, 0) is 30.5 Å². The summed E-state index contributed by atoms with van der Waals surface area (Å²) in [6.45, 7) is 17.5. The molecule has 0 amide bonds. The van der Waals surface area contributed by atoms with E-state index in [-0.39, 0.29) is 17.1 Å². The fourth-order valence-electron chi connectivity index (χ4n) is 3.65. The maximum Gasteiger partial charge on any atom is 0.239 e. The second kappa shape index (κ2) is 18.7. The van der Waals surface area contributed by atoms with Gasteiger partial charge in [-0.25, -0.2) is 9.97 Å². The molecule has 0 aliphatic carbocycles. The van der Waals surface area contributed by atoms with Crippen LogP contribution in [0.2, 0.25) is 5.02 Å². The van der Waals surface area contributed by atoms with Crippen LogP contribution in [0.5, 0.6) is 11.5 Å². The van der Waals surface area contributed by atoms with E-state index in [0.717, 1.165) is 23.8 Å². The van der Waals surface area contributed by atoms with Crippen LogP contribution in [0, 0.1) is 0 Å². The molecular weight excluding hydrogens is 536 g/mol. The van der Waals surface area contributed by atoms with Crippen molar-refractivity contribution < 1.29 is 14.2 Å². The van der Waals surface area contributed by atoms with Gasteiger partial charge in [-0.2, -0.15) is 0 Å². The molecule has 0 saturated carbocycles. The summed E-state index contributed by atoms with van der Waals surface area (Å²) >= 11 is 7.46. The third kappa shape index (κ3) is 8.98. The first-order valence-electron chi connectivity index (χ1n) is 13.7. The van der Waals surface area contributed by atoms with Crippen LogP contribution in [0.15, 0.2) is 30.6 Å². The Morgan fingerprint density at radius 3 is 2.10 bits per heavy atom. The summed E-state index contributed by atoms with van der Waals surface area (Å²) < 4.78 is 22.3. The molecule has 1 aliphatic rings. The standard InChI is InChI=1S/C22H27ClN6O3S.3C2H6/c1-13(20-24-10-16(23)11-25-20)14(2)33-28-22-27-26-21(15-8-9-32-12-15)29(22)19-17(30-3)6-5-7-18(19)31-4;3*1-2/h5-7,10-11,13-15H,8-9,12H2,1-4H3,(H,27,28);3*1-2H3. The molecule has 2 aromatic heterocycles. The second-order valence-corrected chi connectivity index (χ2v) is 9.38. The van der Waals surface area contributed by atoms with Gasteiger partial charge < -0.3 is 14.2 Å². The van der Waals surface area contributed by atoms with Crippen molar-refractivity contribution in [1.29, 1.82) is 0 Å². The van der Waals surface area contributed by atoms with E-state index >= 15 is 0 Å². The molecular formula is C28H45ClN6O3S. The van der Waals surface area contributed by atoms with Crippen LogP contribution in [-0.4, -0.2) is 57.4 Å². The lowest BCUT2D eigenvalue weighted by Crippen LogP contribution is -2.15. The topological polar surface area (TPSA) is 96.2 Å². The van der Waals surface area contributed by atoms with E-state index in [2.05, 4.69) is 38.7 Å². The molecule has 9 nitrogen and oxygen atoms in total. The first-order chi connectivity index (χ1) is 19.0. The molecule has 1 N–H and O–H groups in total. The van der Waals surface area contributed by atoms with E-state index < -0.39 is 0 Å². The molecule has 1 aliphatic heterocycles. The van der Waals surface area contributed by atoms with Crippen LogP contribution in [0.25, 0.3) is 5.69 Å². The average Bonchev–Trinajstić information content (AvgIpc) is 3.68. The summed E-state index contributed by atoms with van der Waals surface area (Å²) in [7, 11) is 3.28. The molecule has 0 radical (unpaired) electrons. The Morgan fingerprint density at radius 1 is 1.00 bits per heavy atom. The van der Waals surface area contributed by atoms with Crippen molar-refractivity contribution in [3.05, 3.63) is 47.3 Å². The zero-order valence-electron chi connectivity index (χ0n) is 25.0. The summed E-state index contributed by atoms with van der Waals surface area (Å²) in [6.07, 6.45) is 4.11. The first-order valence-corrected chi connectivity index (χ1v) is 14.9. The summed E-state index contributed by atoms with van der Waals surface area (Å²) in [5.41, 5.74) is 0.749. The Labute approximate surface area is 243 Å². The fourth-order valence-corrected chi connectivity index (χ4v) is 4.50. The normalized spacial score (nSPS) is 15.3. The highest BCUT2D eigenvalue weighted by molar-refractivity contribution is 8.01. The Morgan fingerprint density at radius 2 is 1.59 bits per heavy atom. The molecule has 3 atom stereocenters. The van der Waals surface area contributed by atoms with Gasteiger partial charge in [0.25, 0.3) is 0 Å². The summed E-state index contributed by atoms with van der Waals surface area (Å²) in [4.78, 5) is 8.71. The van der Waals surface area contributed by atoms with Crippen molar-refractivity contribution in [2.45, 2.75) is 78.9 Å². The number of methoxy groups -OCH3 is 2. The molecule has 3 aromatic rings. The van der Waals surface area contributed by atoms with E-state index in [1.165, 1.54) is 11.9 Å². The number of nitrogens with zero attached hydrogens (tertiary/aromatic N) is 5. The first kappa shape index (κ1) is 34.5. The molecule has 39 heavy (non-hydrogen) atoms. The van der Waals surface area contributed by atoms with E-state index in [1.54, 1.807) is 26.6 Å². The van der Waals surface area contributed by atoms with Gasteiger partial charge in [0.1, 0.15) is 28.8 Å². The maximum absolute atomic E-state index is 5.93. The molecule has 218 valence electrons. The number of hydrogen-bond acceptors (Lipinski definition) is 9. The van der Waals surface area contributed by atoms with Gasteiger partial charge in [0.15, 0.2) is 0 Å². The number of rotatable bonds is 9. The van der Waals surface area contributed by atoms with Gasteiger partial charge in [-0.1, -0.05) is 73.1 Å². The minimum Gasteiger partial charge on any atom is -0.494 e. The highest BCUT2D eigenvalue weighted by atomic mass is 35.5. The number of benzene rings is 1. The lowest BCUT2D eigenvalue weighted by molar-refractivity contribution is 0.193. The van der Waals surface area contributed by atoms with Gasteiger partial charge in [-0.15, -0.1) is 10.2 Å². The van der Waals surface area contributed by atoms with E-state index in [0.29, 0.717) is 35.7 Å². The molecule has 3 heterocycles. The van der Waals surface area contributed by atoms with E-state index in [9.17, 15) is 0 Å². The van der Waals surface area contributed by atoms with Crippen LogP contribution >= 0.6 is 23.5 Å². The van der Waals surface area contributed by atoms with E-state index in [4.69, 9.17) is 25.8 Å². The quantitative estimate of drug-likeness (QED) is 0.257. The summed E-state index contributed by atoms with van der Waals surface area (Å²) in [5.74, 6) is 3.67. The SMILES string of the molecule is CC.CC.CC.COc1cccc(OC)c1-n1c(NSC(C)C(C)c2ncc(Cl)cn2)nnc1C1CCOC1.